The lowest BCUT2D eigenvalue weighted by molar-refractivity contribution is -0.140. The van der Waals surface area contributed by atoms with Crippen molar-refractivity contribution in [2.24, 2.45) is 0 Å². The lowest BCUT2D eigenvalue weighted by atomic mass is 9.85. The monoisotopic (exact) mass is 488 g/mol. The van der Waals surface area contributed by atoms with Gasteiger partial charge in [-0.3, -0.25) is 9.59 Å². The van der Waals surface area contributed by atoms with Crippen LogP contribution in [0.3, 0.4) is 0 Å². The zero-order valence-corrected chi connectivity index (χ0v) is 20.8. The molecule has 2 aromatic carbocycles. The second kappa shape index (κ2) is 10.7. The minimum absolute atomic E-state index is 0.0501. The standard InChI is InChI=1S/C27H32N6O3/c1-3-30(4-2)24(34)19-32-20-33(23-8-6-5-7-9-23)27(25(32)35)14-16-31(17-15-27)26(36)29-22-12-10-21(18-28)11-13-22/h5-13H,3-4,14-17,19-20H2,1-2H3,(H,29,36). The number of likely N-dealkylation sites (N-methyl/N-ethyl adjacent to an activating group) is 1. The van der Waals surface area contributed by atoms with Gasteiger partial charge in [0.2, 0.25) is 5.91 Å². The number of urea groups is 1. The Bertz CT molecular complexity index is 1130. The van der Waals surface area contributed by atoms with E-state index in [1.54, 1.807) is 39.0 Å². The summed E-state index contributed by atoms with van der Waals surface area (Å²) in [5.41, 5.74) is 1.27. The van der Waals surface area contributed by atoms with Crippen LogP contribution < -0.4 is 10.2 Å². The highest BCUT2D eigenvalue weighted by Gasteiger charge is 2.54. The molecule has 0 aliphatic carbocycles. The maximum atomic E-state index is 13.8. The maximum absolute atomic E-state index is 13.8. The van der Waals surface area contributed by atoms with Gasteiger partial charge in [0, 0.05) is 37.6 Å². The minimum Gasteiger partial charge on any atom is -0.342 e. The first-order valence-corrected chi connectivity index (χ1v) is 12.4. The number of para-hydroxylation sites is 1. The van der Waals surface area contributed by atoms with Gasteiger partial charge in [0.1, 0.15) is 12.1 Å². The van der Waals surface area contributed by atoms with E-state index in [0.29, 0.717) is 56.9 Å². The third-order valence-electron chi connectivity index (χ3n) is 7.17. The molecule has 9 nitrogen and oxygen atoms in total. The molecular weight excluding hydrogens is 456 g/mol. The number of hydrogen-bond donors (Lipinski definition) is 1. The fraction of sp³-hybridized carbons (Fsp3) is 0.407. The SMILES string of the molecule is CCN(CC)C(=O)CN1CN(c2ccccc2)C2(CCN(C(=O)Nc3ccc(C#N)cc3)CC2)C1=O. The second-order valence-electron chi connectivity index (χ2n) is 9.11. The van der Waals surface area contributed by atoms with Crippen LogP contribution in [0.1, 0.15) is 32.3 Å². The van der Waals surface area contributed by atoms with Gasteiger partial charge in [-0.15, -0.1) is 0 Å². The molecule has 1 N–H and O–H groups in total. The largest absolute Gasteiger partial charge is 0.342 e. The average Bonchev–Trinajstić information content (AvgIpc) is 3.16. The van der Waals surface area contributed by atoms with E-state index in [0.717, 1.165) is 5.69 Å². The van der Waals surface area contributed by atoms with Gasteiger partial charge >= 0.3 is 6.03 Å². The lowest BCUT2D eigenvalue weighted by Gasteiger charge is -2.43. The van der Waals surface area contributed by atoms with Crippen LogP contribution in [0, 0.1) is 11.3 Å². The zero-order valence-electron chi connectivity index (χ0n) is 20.8. The summed E-state index contributed by atoms with van der Waals surface area (Å²) in [6, 6.07) is 18.3. The van der Waals surface area contributed by atoms with Crippen molar-refractivity contribution in [3.8, 4) is 6.07 Å². The Kier molecular flexibility index (Phi) is 7.44. The van der Waals surface area contributed by atoms with Gasteiger partial charge in [0.15, 0.2) is 0 Å². The summed E-state index contributed by atoms with van der Waals surface area (Å²) >= 11 is 0. The van der Waals surface area contributed by atoms with Gasteiger partial charge in [-0.25, -0.2) is 4.79 Å². The molecule has 2 saturated heterocycles. The Morgan fingerprint density at radius 1 is 1.03 bits per heavy atom. The topological polar surface area (TPSA) is 100.0 Å². The number of likely N-dealkylation sites (tertiary alicyclic amines) is 1. The second-order valence-corrected chi connectivity index (χ2v) is 9.11. The molecule has 0 atom stereocenters. The lowest BCUT2D eigenvalue weighted by Crippen LogP contribution is -2.58. The Morgan fingerprint density at radius 3 is 2.25 bits per heavy atom. The summed E-state index contributed by atoms with van der Waals surface area (Å²) in [6.45, 7) is 6.29. The molecule has 36 heavy (non-hydrogen) atoms. The molecule has 0 aromatic heterocycles. The highest BCUT2D eigenvalue weighted by molar-refractivity contribution is 5.97. The van der Waals surface area contributed by atoms with Crippen LogP contribution in [0.2, 0.25) is 0 Å². The van der Waals surface area contributed by atoms with Crippen molar-refractivity contribution in [2.75, 3.05) is 49.6 Å². The van der Waals surface area contributed by atoms with E-state index in [2.05, 4.69) is 16.3 Å². The van der Waals surface area contributed by atoms with Gasteiger partial charge < -0.3 is 24.9 Å². The van der Waals surface area contributed by atoms with Crippen LogP contribution in [0.4, 0.5) is 16.2 Å². The fourth-order valence-corrected chi connectivity index (χ4v) is 5.07. The Labute approximate surface area is 211 Å². The van der Waals surface area contributed by atoms with E-state index in [4.69, 9.17) is 5.26 Å². The summed E-state index contributed by atoms with van der Waals surface area (Å²) in [5.74, 6) is -0.114. The van der Waals surface area contributed by atoms with Gasteiger partial charge in [-0.1, -0.05) is 18.2 Å². The number of hydrogen-bond acceptors (Lipinski definition) is 5. The third kappa shape index (κ3) is 4.85. The van der Waals surface area contributed by atoms with Gasteiger partial charge in [0.05, 0.1) is 18.3 Å². The first kappa shape index (κ1) is 25.0. The molecular formula is C27H32N6O3. The smallest absolute Gasteiger partial charge is 0.321 e. The highest BCUT2D eigenvalue weighted by atomic mass is 16.2. The number of nitrogens with zero attached hydrogens (tertiary/aromatic N) is 5. The van der Waals surface area contributed by atoms with Crippen molar-refractivity contribution < 1.29 is 14.4 Å². The quantitative estimate of drug-likeness (QED) is 0.674. The Balaban J connectivity index is 1.49. The van der Waals surface area contributed by atoms with Crippen LogP contribution in [-0.2, 0) is 9.59 Å². The molecule has 2 aliphatic heterocycles. The first-order chi connectivity index (χ1) is 17.4. The number of nitrogens with one attached hydrogen (secondary N) is 1. The number of carbonyl (C=O) groups excluding carboxylic acids is 3. The molecule has 2 fully saturated rings. The maximum Gasteiger partial charge on any atom is 0.321 e. The molecule has 2 heterocycles. The van der Waals surface area contributed by atoms with E-state index in [1.807, 2.05) is 44.2 Å². The summed E-state index contributed by atoms with van der Waals surface area (Å²) in [6.07, 6.45) is 0.939. The molecule has 1 spiro atoms. The normalized spacial score (nSPS) is 16.7. The number of benzene rings is 2. The van der Waals surface area contributed by atoms with Crippen LogP contribution in [-0.4, -0.2) is 77.5 Å². The van der Waals surface area contributed by atoms with Crippen LogP contribution in [0.25, 0.3) is 0 Å². The van der Waals surface area contributed by atoms with Crippen molar-refractivity contribution in [1.29, 1.82) is 5.26 Å². The zero-order chi connectivity index (χ0) is 25.7. The molecule has 4 amide bonds. The Morgan fingerprint density at radius 2 is 1.67 bits per heavy atom. The predicted octanol–water partition coefficient (Wildman–Crippen LogP) is 3.10. The van der Waals surface area contributed by atoms with Crippen molar-refractivity contribution in [3.63, 3.8) is 0 Å². The van der Waals surface area contributed by atoms with E-state index in [9.17, 15) is 14.4 Å². The molecule has 0 bridgehead atoms. The minimum atomic E-state index is -0.796. The van der Waals surface area contributed by atoms with E-state index < -0.39 is 5.54 Å². The number of nitriles is 1. The molecule has 4 rings (SSSR count). The van der Waals surface area contributed by atoms with Crippen LogP contribution in [0.5, 0.6) is 0 Å². The average molecular weight is 489 g/mol. The molecule has 2 aliphatic rings. The summed E-state index contributed by atoms with van der Waals surface area (Å²) < 4.78 is 0. The van der Waals surface area contributed by atoms with Crippen molar-refractivity contribution in [2.45, 2.75) is 32.2 Å². The van der Waals surface area contributed by atoms with Gasteiger partial charge in [0.25, 0.3) is 5.91 Å². The summed E-state index contributed by atoms with van der Waals surface area (Å²) in [4.78, 5) is 46.7. The molecule has 2 aromatic rings. The van der Waals surface area contributed by atoms with Crippen molar-refractivity contribution in [1.82, 2.24) is 14.7 Å². The number of anilines is 2. The van der Waals surface area contributed by atoms with Crippen molar-refractivity contribution >= 4 is 29.2 Å². The molecule has 0 saturated carbocycles. The third-order valence-corrected chi connectivity index (χ3v) is 7.17. The molecule has 9 heteroatoms. The number of piperidine rings is 1. The van der Waals surface area contributed by atoms with Crippen molar-refractivity contribution in [3.05, 3.63) is 60.2 Å². The number of amides is 4. The van der Waals surface area contributed by atoms with E-state index in [-0.39, 0.29) is 24.4 Å². The summed E-state index contributed by atoms with van der Waals surface area (Å²) in [5, 5.41) is 11.8. The first-order valence-electron chi connectivity index (χ1n) is 12.4. The molecule has 0 unspecified atom stereocenters. The number of carbonyl (C=O) groups is 3. The number of rotatable bonds is 6. The van der Waals surface area contributed by atoms with E-state index >= 15 is 0 Å². The van der Waals surface area contributed by atoms with Gasteiger partial charge in [-0.2, -0.15) is 5.26 Å². The predicted molar refractivity (Wildman–Crippen MR) is 137 cm³/mol. The van der Waals surface area contributed by atoms with Crippen LogP contribution >= 0.6 is 0 Å². The Hall–Kier alpha value is -4.06. The highest BCUT2D eigenvalue weighted by Crippen LogP contribution is 2.39. The summed E-state index contributed by atoms with van der Waals surface area (Å²) in [7, 11) is 0. The molecule has 0 radical (unpaired) electrons. The van der Waals surface area contributed by atoms with E-state index in [1.165, 1.54) is 0 Å². The fourth-order valence-electron chi connectivity index (χ4n) is 5.07. The molecule has 188 valence electrons. The van der Waals surface area contributed by atoms with Gasteiger partial charge in [-0.05, 0) is 63.1 Å². The van der Waals surface area contributed by atoms with Crippen LogP contribution in [0.15, 0.2) is 54.6 Å².